The van der Waals surface area contributed by atoms with Crippen LogP contribution >= 0.6 is 0 Å². The van der Waals surface area contributed by atoms with E-state index in [1.54, 1.807) is 36.4 Å². The van der Waals surface area contributed by atoms with Crippen LogP contribution in [0.25, 0.3) is 0 Å². The average Bonchev–Trinajstić information content (AvgIpc) is 2.95. The van der Waals surface area contributed by atoms with Crippen LogP contribution < -0.4 is 20.7 Å². The molecule has 206 valence electrons. The number of rotatable bonds is 11. The van der Waals surface area contributed by atoms with E-state index in [-0.39, 0.29) is 23.7 Å². The van der Waals surface area contributed by atoms with Crippen LogP contribution in [0, 0.1) is 0 Å². The number of benzene rings is 4. The van der Waals surface area contributed by atoms with Gasteiger partial charge in [-0.1, -0.05) is 42.5 Å². The minimum absolute atomic E-state index is 0.0289. The Hall–Kier alpha value is -4.79. The molecule has 0 aromatic heterocycles. The molecule has 40 heavy (non-hydrogen) atoms. The monoisotopic (exact) mass is 547 g/mol. The van der Waals surface area contributed by atoms with E-state index in [0.717, 1.165) is 25.0 Å². The van der Waals surface area contributed by atoms with Crippen LogP contribution in [0.3, 0.4) is 0 Å². The van der Waals surface area contributed by atoms with Gasteiger partial charge in [0, 0.05) is 22.6 Å². The Morgan fingerprint density at radius 3 is 2.20 bits per heavy atom. The summed E-state index contributed by atoms with van der Waals surface area (Å²) in [6.07, 6.45) is -2.68. The molecule has 4 rings (SSSR count). The lowest BCUT2D eigenvalue weighted by Gasteiger charge is -2.11. The number of carbonyl (C=O) groups excluding carboxylic acids is 2. The lowest BCUT2D eigenvalue weighted by Crippen LogP contribution is -2.22. The summed E-state index contributed by atoms with van der Waals surface area (Å²) in [4.78, 5) is 25.0. The van der Waals surface area contributed by atoms with Crippen molar-refractivity contribution in [2.45, 2.75) is 19.0 Å². The summed E-state index contributed by atoms with van der Waals surface area (Å²) in [6.45, 7) is 0.526. The zero-order chi connectivity index (χ0) is 28.4. The molecule has 4 aromatic rings. The third kappa shape index (κ3) is 8.62. The minimum Gasteiger partial charge on any atom is -0.494 e. The van der Waals surface area contributed by atoms with E-state index in [4.69, 9.17) is 4.74 Å². The van der Waals surface area contributed by atoms with Gasteiger partial charge in [-0.25, -0.2) is 0 Å². The van der Waals surface area contributed by atoms with Crippen molar-refractivity contribution in [3.05, 3.63) is 120 Å². The van der Waals surface area contributed by atoms with Gasteiger partial charge in [0.05, 0.1) is 18.7 Å². The highest BCUT2D eigenvalue weighted by atomic mass is 19.4. The van der Waals surface area contributed by atoms with Crippen LogP contribution in [0.1, 0.15) is 27.9 Å². The van der Waals surface area contributed by atoms with Gasteiger partial charge in [-0.05, 0) is 79.1 Å². The van der Waals surface area contributed by atoms with Crippen LogP contribution in [0.2, 0.25) is 0 Å². The number of nitrogens with one attached hydrogen (secondary N) is 3. The number of anilines is 3. The first-order valence-corrected chi connectivity index (χ1v) is 12.7. The Kier molecular flexibility index (Phi) is 9.40. The third-order valence-electron chi connectivity index (χ3n) is 5.89. The highest BCUT2D eigenvalue weighted by Gasteiger charge is 2.30. The van der Waals surface area contributed by atoms with Gasteiger partial charge in [-0.2, -0.15) is 13.2 Å². The fourth-order valence-electron chi connectivity index (χ4n) is 3.88. The maximum atomic E-state index is 12.9. The van der Waals surface area contributed by atoms with Gasteiger partial charge < -0.3 is 20.7 Å². The Morgan fingerprint density at radius 2 is 1.45 bits per heavy atom. The molecule has 4 aromatic carbocycles. The molecule has 0 unspecified atom stereocenters. The SMILES string of the molecule is O=C(CNc1cccc(C(=O)Nc2cccc(C(F)(F)F)c2)c1)Nc1ccc(OCCCc2ccccc2)cc1. The molecule has 0 aliphatic carbocycles. The average molecular weight is 548 g/mol. The van der Waals surface area contributed by atoms with Gasteiger partial charge in [0.15, 0.2) is 0 Å². The molecule has 0 saturated heterocycles. The number of alkyl halides is 3. The number of amides is 2. The molecule has 0 radical (unpaired) electrons. The molecule has 0 saturated carbocycles. The van der Waals surface area contributed by atoms with E-state index in [1.807, 2.05) is 18.2 Å². The fourth-order valence-corrected chi connectivity index (χ4v) is 3.88. The van der Waals surface area contributed by atoms with E-state index < -0.39 is 17.6 Å². The van der Waals surface area contributed by atoms with Gasteiger partial charge in [-0.3, -0.25) is 9.59 Å². The highest BCUT2D eigenvalue weighted by molar-refractivity contribution is 6.05. The smallest absolute Gasteiger partial charge is 0.416 e. The van der Waals surface area contributed by atoms with Crippen LogP contribution in [-0.4, -0.2) is 25.0 Å². The van der Waals surface area contributed by atoms with Crippen LogP contribution in [0.4, 0.5) is 30.2 Å². The summed E-state index contributed by atoms with van der Waals surface area (Å²) in [7, 11) is 0. The van der Waals surface area contributed by atoms with Crippen molar-refractivity contribution in [2.75, 3.05) is 29.1 Å². The number of halogens is 3. The van der Waals surface area contributed by atoms with Crippen molar-refractivity contribution in [3.8, 4) is 5.75 Å². The number of aryl methyl sites for hydroxylation is 1. The lowest BCUT2D eigenvalue weighted by molar-refractivity contribution is -0.137. The summed E-state index contributed by atoms with van der Waals surface area (Å²) >= 11 is 0. The second kappa shape index (κ2) is 13.3. The lowest BCUT2D eigenvalue weighted by atomic mass is 10.1. The van der Waals surface area contributed by atoms with Gasteiger partial charge in [-0.15, -0.1) is 0 Å². The quantitative estimate of drug-likeness (QED) is 0.176. The molecular formula is C31H28F3N3O3. The summed E-state index contributed by atoms with van der Waals surface area (Å²) in [5, 5.41) is 8.20. The largest absolute Gasteiger partial charge is 0.494 e. The van der Waals surface area contributed by atoms with Crippen LogP contribution in [0.15, 0.2) is 103 Å². The first-order valence-electron chi connectivity index (χ1n) is 12.7. The first kappa shape index (κ1) is 28.2. The van der Waals surface area contributed by atoms with E-state index >= 15 is 0 Å². The second-order valence-corrected chi connectivity index (χ2v) is 8.98. The molecule has 0 aliphatic heterocycles. The maximum absolute atomic E-state index is 12.9. The van der Waals surface area contributed by atoms with Gasteiger partial charge in [0.2, 0.25) is 5.91 Å². The highest BCUT2D eigenvalue weighted by Crippen LogP contribution is 2.30. The molecule has 0 aliphatic rings. The summed E-state index contributed by atoms with van der Waals surface area (Å²) in [5.74, 6) is -0.158. The van der Waals surface area contributed by atoms with E-state index in [9.17, 15) is 22.8 Å². The maximum Gasteiger partial charge on any atom is 0.416 e. The van der Waals surface area contributed by atoms with E-state index in [2.05, 4.69) is 28.1 Å². The third-order valence-corrected chi connectivity index (χ3v) is 5.89. The van der Waals surface area contributed by atoms with E-state index in [0.29, 0.717) is 23.7 Å². The number of ether oxygens (including phenoxy) is 1. The molecule has 0 spiro atoms. The van der Waals surface area contributed by atoms with Gasteiger partial charge in [0.25, 0.3) is 5.91 Å². The number of hydrogen-bond acceptors (Lipinski definition) is 4. The predicted molar refractivity (Wildman–Crippen MR) is 150 cm³/mol. The standard InChI is InChI=1S/C31H28F3N3O3/c32-31(33,34)24-11-5-13-27(20-24)37-30(39)23-10-4-12-26(19-23)35-21-29(38)36-25-14-16-28(17-15-25)40-18-6-9-22-7-2-1-3-8-22/h1-5,7-8,10-17,19-20,35H,6,9,18,21H2,(H,36,38)(H,37,39). The summed E-state index contributed by atoms with van der Waals surface area (Å²) in [6, 6.07) is 28.0. The number of carbonyl (C=O) groups is 2. The van der Waals surface area contributed by atoms with Gasteiger partial charge in [0.1, 0.15) is 5.75 Å². The topological polar surface area (TPSA) is 79.5 Å². The molecule has 2 amide bonds. The number of hydrogen-bond donors (Lipinski definition) is 3. The van der Waals surface area contributed by atoms with Crippen molar-refractivity contribution in [1.29, 1.82) is 0 Å². The zero-order valence-electron chi connectivity index (χ0n) is 21.5. The molecule has 9 heteroatoms. The van der Waals surface area contributed by atoms with Gasteiger partial charge >= 0.3 is 6.18 Å². The molecule has 0 bridgehead atoms. The van der Waals surface area contributed by atoms with Crippen molar-refractivity contribution in [1.82, 2.24) is 0 Å². The van der Waals surface area contributed by atoms with Crippen LogP contribution in [0.5, 0.6) is 5.75 Å². The minimum atomic E-state index is -4.51. The van der Waals surface area contributed by atoms with Crippen molar-refractivity contribution < 1.29 is 27.5 Å². The molecule has 0 heterocycles. The molecule has 3 N–H and O–H groups in total. The van der Waals surface area contributed by atoms with E-state index in [1.165, 1.54) is 29.8 Å². The summed E-state index contributed by atoms with van der Waals surface area (Å²) < 4.78 is 44.6. The van der Waals surface area contributed by atoms with Crippen LogP contribution in [-0.2, 0) is 17.4 Å². The molecule has 0 atom stereocenters. The predicted octanol–water partition coefficient (Wildman–Crippen LogP) is 7.02. The summed E-state index contributed by atoms with van der Waals surface area (Å²) in [5.41, 5.74) is 1.78. The molecule has 6 nitrogen and oxygen atoms in total. The van der Waals surface area contributed by atoms with Crippen molar-refractivity contribution >= 4 is 28.9 Å². The fraction of sp³-hybridized carbons (Fsp3) is 0.161. The molecule has 0 fully saturated rings. The zero-order valence-corrected chi connectivity index (χ0v) is 21.5. The first-order chi connectivity index (χ1) is 19.3. The Labute approximate surface area is 230 Å². The molecular weight excluding hydrogens is 519 g/mol. The van der Waals surface area contributed by atoms with Crippen molar-refractivity contribution in [3.63, 3.8) is 0 Å². The normalized spacial score (nSPS) is 11.0. The Balaban J connectivity index is 1.22. The second-order valence-electron chi connectivity index (χ2n) is 8.98. The Bertz CT molecular complexity index is 1430. The Morgan fingerprint density at radius 1 is 0.725 bits per heavy atom. The van der Waals surface area contributed by atoms with Crippen molar-refractivity contribution in [2.24, 2.45) is 0 Å².